The minimum Gasteiger partial charge on any atom is -0.322 e. The average Bonchev–Trinajstić information content (AvgIpc) is 3.00. The van der Waals surface area contributed by atoms with Crippen LogP contribution in [0.25, 0.3) is 6.08 Å². The molecule has 1 N–H and O–H groups in total. The predicted octanol–water partition coefficient (Wildman–Crippen LogP) is 4.35. The van der Waals surface area contributed by atoms with E-state index in [1.807, 2.05) is 0 Å². The molecule has 1 amide bonds. The highest BCUT2D eigenvalue weighted by atomic mass is 32.2. The molecule has 1 saturated heterocycles. The van der Waals surface area contributed by atoms with E-state index in [0.29, 0.717) is 24.3 Å². The molecule has 0 saturated carbocycles. The SMILES string of the molecule is Cc1ccc(F)cc1NC(=O)C=Cc1ccc(S(=O)(=O)N2CCCCCC2)cc1. The topological polar surface area (TPSA) is 66.5 Å². The molecule has 0 spiro atoms. The van der Waals surface area contributed by atoms with Gasteiger partial charge in [0.05, 0.1) is 4.90 Å². The Kier molecular flexibility index (Phi) is 6.82. The van der Waals surface area contributed by atoms with E-state index >= 15 is 0 Å². The summed E-state index contributed by atoms with van der Waals surface area (Å²) >= 11 is 0. The molecule has 1 aliphatic heterocycles. The third kappa shape index (κ3) is 5.52. The van der Waals surface area contributed by atoms with E-state index in [0.717, 1.165) is 31.2 Å². The van der Waals surface area contributed by atoms with E-state index in [1.165, 1.54) is 18.2 Å². The van der Waals surface area contributed by atoms with Crippen LogP contribution in [0.1, 0.15) is 36.8 Å². The first-order chi connectivity index (χ1) is 13.9. The molecule has 154 valence electrons. The van der Waals surface area contributed by atoms with E-state index in [2.05, 4.69) is 5.32 Å². The van der Waals surface area contributed by atoms with Gasteiger partial charge < -0.3 is 5.32 Å². The monoisotopic (exact) mass is 416 g/mol. The molecule has 2 aromatic carbocycles. The fourth-order valence-electron chi connectivity index (χ4n) is 3.26. The number of benzene rings is 2. The van der Waals surface area contributed by atoms with Crippen molar-refractivity contribution in [2.24, 2.45) is 0 Å². The number of aryl methyl sites for hydroxylation is 1. The smallest absolute Gasteiger partial charge is 0.248 e. The van der Waals surface area contributed by atoms with Crippen LogP contribution in [0, 0.1) is 12.7 Å². The highest BCUT2D eigenvalue weighted by Gasteiger charge is 2.24. The quantitative estimate of drug-likeness (QED) is 0.737. The summed E-state index contributed by atoms with van der Waals surface area (Å²) in [5.74, 6) is -0.809. The lowest BCUT2D eigenvalue weighted by Crippen LogP contribution is -2.31. The van der Waals surface area contributed by atoms with Crippen molar-refractivity contribution in [1.29, 1.82) is 0 Å². The average molecular weight is 417 g/mol. The summed E-state index contributed by atoms with van der Waals surface area (Å²) in [5, 5.41) is 2.64. The largest absolute Gasteiger partial charge is 0.322 e. The van der Waals surface area contributed by atoms with Gasteiger partial charge in [0.15, 0.2) is 0 Å². The van der Waals surface area contributed by atoms with Crippen molar-refractivity contribution in [3.05, 3.63) is 65.5 Å². The molecule has 2 aromatic rings. The summed E-state index contributed by atoms with van der Waals surface area (Å²) in [6.45, 7) is 2.90. The number of carbonyl (C=O) groups is 1. The summed E-state index contributed by atoms with van der Waals surface area (Å²) in [4.78, 5) is 12.4. The fourth-order valence-corrected chi connectivity index (χ4v) is 4.77. The Morgan fingerprint density at radius 3 is 2.34 bits per heavy atom. The Morgan fingerprint density at radius 2 is 1.69 bits per heavy atom. The van der Waals surface area contributed by atoms with Crippen molar-refractivity contribution >= 4 is 27.7 Å². The molecule has 1 heterocycles. The normalized spacial score (nSPS) is 15.9. The Bertz CT molecular complexity index is 993. The lowest BCUT2D eigenvalue weighted by Gasteiger charge is -2.19. The third-order valence-corrected chi connectivity index (χ3v) is 6.88. The van der Waals surface area contributed by atoms with Crippen LogP contribution < -0.4 is 5.32 Å². The number of halogens is 1. The molecule has 0 unspecified atom stereocenters. The first kappa shape index (κ1) is 21.2. The molecule has 5 nitrogen and oxygen atoms in total. The van der Waals surface area contributed by atoms with Crippen LogP contribution in [-0.2, 0) is 14.8 Å². The number of hydrogen-bond acceptors (Lipinski definition) is 3. The van der Waals surface area contributed by atoms with Gasteiger partial charge in [0.1, 0.15) is 5.82 Å². The number of sulfonamides is 1. The van der Waals surface area contributed by atoms with Gasteiger partial charge in [0.2, 0.25) is 15.9 Å². The first-order valence-corrected chi connectivity index (χ1v) is 11.2. The van der Waals surface area contributed by atoms with Crippen molar-refractivity contribution < 1.29 is 17.6 Å². The first-order valence-electron chi connectivity index (χ1n) is 9.72. The summed E-state index contributed by atoms with van der Waals surface area (Å²) in [7, 11) is -3.49. The lowest BCUT2D eigenvalue weighted by molar-refractivity contribution is -0.111. The third-order valence-electron chi connectivity index (χ3n) is 4.97. The molecule has 0 aliphatic carbocycles. The highest BCUT2D eigenvalue weighted by Crippen LogP contribution is 2.21. The van der Waals surface area contributed by atoms with Gasteiger partial charge in [0.25, 0.3) is 0 Å². The van der Waals surface area contributed by atoms with Gasteiger partial charge in [-0.15, -0.1) is 0 Å². The van der Waals surface area contributed by atoms with Crippen molar-refractivity contribution in [3.8, 4) is 0 Å². The summed E-state index contributed by atoms with van der Waals surface area (Å²) in [6, 6.07) is 10.7. The molecule has 0 aromatic heterocycles. The Balaban J connectivity index is 1.66. The van der Waals surface area contributed by atoms with Gasteiger partial charge in [-0.3, -0.25) is 4.79 Å². The van der Waals surface area contributed by atoms with E-state index in [1.54, 1.807) is 47.6 Å². The van der Waals surface area contributed by atoms with Crippen LogP contribution in [0.15, 0.2) is 53.4 Å². The molecule has 0 bridgehead atoms. The van der Waals surface area contributed by atoms with Crippen LogP contribution in [-0.4, -0.2) is 31.7 Å². The molecule has 0 radical (unpaired) electrons. The van der Waals surface area contributed by atoms with Crippen molar-refractivity contribution in [2.75, 3.05) is 18.4 Å². The van der Waals surface area contributed by atoms with Crippen molar-refractivity contribution in [3.63, 3.8) is 0 Å². The number of rotatable bonds is 5. The molecular weight excluding hydrogens is 391 g/mol. The zero-order chi connectivity index (χ0) is 20.9. The van der Waals surface area contributed by atoms with Crippen LogP contribution in [0.2, 0.25) is 0 Å². The van der Waals surface area contributed by atoms with Gasteiger partial charge >= 0.3 is 0 Å². The molecule has 0 atom stereocenters. The van der Waals surface area contributed by atoms with Crippen molar-refractivity contribution in [2.45, 2.75) is 37.5 Å². The van der Waals surface area contributed by atoms with Gasteiger partial charge in [-0.1, -0.05) is 31.0 Å². The van der Waals surface area contributed by atoms with Gasteiger partial charge in [0, 0.05) is 24.9 Å². The summed E-state index contributed by atoms with van der Waals surface area (Å²) in [5.41, 5.74) is 1.88. The van der Waals surface area contributed by atoms with E-state index < -0.39 is 15.8 Å². The van der Waals surface area contributed by atoms with Gasteiger partial charge in [-0.2, -0.15) is 4.31 Å². The number of nitrogens with one attached hydrogen (secondary N) is 1. The van der Waals surface area contributed by atoms with Crippen LogP contribution >= 0.6 is 0 Å². The second-order valence-electron chi connectivity index (χ2n) is 7.17. The Morgan fingerprint density at radius 1 is 1.03 bits per heavy atom. The molecule has 3 rings (SSSR count). The minimum absolute atomic E-state index is 0.261. The highest BCUT2D eigenvalue weighted by molar-refractivity contribution is 7.89. The number of carbonyl (C=O) groups excluding carboxylic acids is 1. The van der Waals surface area contributed by atoms with Gasteiger partial charge in [-0.05, 0) is 61.2 Å². The Hall–Kier alpha value is -2.51. The summed E-state index contributed by atoms with van der Waals surface area (Å²) < 4.78 is 40.5. The van der Waals surface area contributed by atoms with E-state index in [9.17, 15) is 17.6 Å². The number of hydrogen-bond donors (Lipinski definition) is 1. The molecule has 1 aliphatic rings. The molecular formula is C22H25FN2O3S. The Labute approximate surface area is 171 Å². The fraction of sp³-hybridized carbons (Fsp3) is 0.318. The van der Waals surface area contributed by atoms with Crippen molar-refractivity contribution in [1.82, 2.24) is 4.31 Å². The zero-order valence-corrected chi connectivity index (χ0v) is 17.2. The maximum Gasteiger partial charge on any atom is 0.248 e. The van der Waals surface area contributed by atoms with Gasteiger partial charge in [-0.25, -0.2) is 12.8 Å². The van der Waals surface area contributed by atoms with E-state index in [-0.39, 0.29) is 10.8 Å². The number of nitrogens with zero attached hydrogens (tertiary/aromatic N) is 1. The zero-order valence-electron chi connectivity index (χ0n) is 16.4. The second kappa shape index (κ2) is 9.33. The van der Waals surface area contributed by atoms with Crippen LogP contribution in [0.4, 0.5) is 10.1 Å². The molecule has 29 heavy (non-hydrogen) atoms. The maximum absolute atomic E-state index is 13.3. The molecule has 1 fully saturated rings. The van der Waals surface area contributed by atoms with Crippen LogP contribution in [0.5, 0.6) is 0 Å². The summed E-state index contributed by atoms with van der Waals surface area (Å²) in [6.07, 6.45) is 6.83. The number of amides is 1. The molecule has 7 heteroatoms. The number of anilines is 1. The maximum atomic E-state index is 13.3. The predicted molar refractivity (Wildman–Crippen MR) is 112 cm³/mol. The van der Waals surface area contributed by atoms with Crippen LogP contribution in [0.3, 0.4) is 0 Å². The standard InChI is InChI=1S/C22H25FN2O3S/c1-17-6-10-19(23)16-21(17)24-22(26)13-9-18-7-11-20(12-8-18)29(27,28)25-14-4-2-3-5-15-25/h6-13,16H,2-5,14-15H2,1H3,(H,24,26). The lowest BCUT2D eigenvalue weighted by atomic mass is 10.2. The van der Waals surface area contributed by atoms with E-state index in [4.69, 9.17) is 0 Å². The minimum atomic E-state index is -3.49. The second-order valence-corrected chi connectivity index (χ2v) is 9.11.